The molecular formula is C15H19N3O2S. The van der Waals surface area contributed by atoms with Crippen LogP contribution in [0.3, 0.4) is 0 Å². The van der Waals surface area contributed by atoms with Gasteiger partial charge in [0.05, 0.1) is 16.8 Å². The van der Waals surface area contributed by atoms with Gasteiger partial charge in [0.15, 0.2) is 0 Å². The number of nitrogens with one attached hydrogen (secondary N) is 2. The number of anilines is 2. The van der Waals surface area contributed by atoms with E-state index in [0.717, 1.165) is 25.2 Å². The van der Waals surface area contributed by atoms with Crippen molar-refractivity contribution in [3.8, 4) is 0 Å². The van der Waals surface area contributed by atoms with Crippen molar-refractivity contribution in [1.82, 2.24) is 4.98 Å². The quantitative estimate of drug-likeness (QED) is 0.771. The Morgan fingerprint density at radius 3 is 2.48 bits per heavy atom. The first-order valence-corrected chi connectivity index (χ1v) is 8.38. The molecule has 0 amide bonds. The second kappa shape index (κ2) is 7.08. The van der Waals surface area contributed by atoms with E-state index in [0.29, 0.717) is 5.69 Å². The molecule has 0 unspecified atom stereocenters. The van der Waals surface area contributed by atoms with Crippen molar-refractivity contribution in [1.29, 1.82) is 0 Å². The average Bonchev–Trinajstić information content (AvgIpc) is 2.50. The highest BCUT2D eigenvalue weighted by atomic mass is 32.2. The van der Waals surface area contributed by atoms with Crippen LogP contribution < -0.4 is 10.0 Å². The van der Waals surface area contributed by atoms with Gasteiger partial charge in [-0.1, -0.05) is 31.5 Å². The van der Waals surface area contributed by atoms with Crippen LogP contribution in [-0.2, 0) is 10.0 Å². The lowest BCUT2D eigenvalue weighted by atomic mass is 10.3. The molecule has 0 saturated carbocycles. The second-order valence-electron chi connectivity index (χ2n) is 4.63. The molecule has 112 valence electrons. The zero-order valence-corrected chi connectivity index (χ0v) is 12.7. The largest absolute Gasteiger partial charge is 0.370 e. The third-order valence-corrected chi connectivity index (χ3v) is 4.30. The third kappa shape index (κ3) is 4.46. The van der Waals surface area contributed by atoms with Gasteiger partial charge in [0, 0.05) is 6.54 Å². The second-order valence-corrected chi connectivity index (χ2v) is 6.31. The van der Waals surface area contributed by atoms with Crippen molar-refractivity contribution >= 4 is 21.5 Å². The number of pyridine rings is 1. The van der Waals surface area contributed by atoms with E-state index < -0.39 is 10.0 Å². The monoisotopic (exact) mass is 305 g/mol. The van der Waals surface area contributed by atoms with Crippen LogP contribution in [0.2, 0.25) is 0 Å². The van der Waals surface area contributed by atoms with Gasteiger partial charge < -0.3 is 5.32 Å². The van der Waals surface area contributed by atoms with Gasteiger partial charge in [-0.05, 0) is 30.7 Å². The van der Waals surface area contributed by atoms with E-state index in [9.17, 15) is 8.42 Å². The van der Waals surface area contributed by atoms with Crippen molar-refractivity contribution in [2.45, 2.75) is 24.7 Å². The van der Waals surface area contributed by atoms with Crippen LogP contribution in [0.25, 0.3) is 0 Å². The Labute approximate surface area is 125 Å². The Balaban J connectivity index is 2.03. The van der Waals surface area contributed by atoms with E-state index in [1.807, 2.05) is 0 Å². The standard InChI is InChI=1S/C15H19N3O2S/c1-2-3-11-16-15-10-9-13(12-17-15)18-21(19,20)14-7-5-4-6-8-14/h4-10,12,18H,2-3,11H2,1H3,(H,16,17). The highest BCUT2D eigenvalue weighted by molar-refractivity contribution is 7.92. The molecule has 1 heterocycles. The maximum atomic E-state index is 12.1. The molecule has 2 N–H and O–H groups in total. The molecule has 0 atom stereocenters. The zero-order chi connectivity index (χ0) is 15.1. The van der Waals surface area contributed by atoms with Crippen LogP contribution in [0.15, 0.2) is 53.6 Å². The predicted octanol–water partition coefficient (Wildman–Crippen LogP) is 3.09. The average molecular weight is 305 g/mol. The fraction of sp³-hybridized carbons (Fsp3) is 0.267. The number of sulfonamides is 1. The van der Waals surface area contributed by atoms with Crippen LogP contribution in [-0.4, -0.2) is 19.9 Å². The summed E-state index contributed by atoms with van der Waals surface area (Å²) < 4.78 is 26.8. The number of aromatic nitrogens is 1. The summed E-state index contributed by atoms with van der Waals surface area (Å²) in [5.74, 6) is 0.742. The van der Waals surface area contributed by atoms with Gasteiger partial charge in [-0.2, -0.15) is 0 Å². The van der Waals surface area contributed by atoms with Crippen molar-refractivity contribution in [2.75, 3.05) is 16.6 Å². The summed E-state index contributed by atoms with van der Waals surface area (Å²) in [6.45, 7) is 2.98. The number of rotatable bonds is 7. The lowest BCUT2D eigenvalue weighted by Gasteiger charge is -2.09. The Morgan fingerprint density at radius 1 is 1.10 bits per heavy atom. The van der Waals surface area contributed by atoms with Crippen molar-refractivity contribution in [3.05, 3.63) is 48.7 Å². The first-order valence-electron chi connectivity index (χ1n) is 6.89. The van der Waals surface area contributed by atoms with Crippen LogP contribution in [0.1, 0.15) is 19.8 Å². The van der Waals surface area contributed by atoms with Gasteiger partial charge in [-0.15, -0.1) is 0 Å². The van der Waals surface area contributed by atoms with Crippen molar-refractivity contribution < 1.29 is 8.42 Å². The first kappa shape index (κ1) is 15.3. The molecule has 0 spiro atoms. The molecule has 0 fully saturated rings. The molecule has 5 nitrogen and oxygen atoms in total. The summed E-state index contributed by atoms with van der Waals surface area (Å²) in [7, 11) is -3.56. The van der Waals surface area contributed by atoms with Gasteiger partial charge in [0.2, 0.25) is 0 Å². The molecule has 0 radical (unpaired) electrons. The highest BCUT2D eigenvalue weighted by Gasteiger charge is 2.13. The lowest BCUT2D eigenvalue weighted by Crippen LogP contribution is -2.13. The van der Waals surface area contributed by atoms with E-state index in [1.165, 1.54) is 6.20 Å². The molecule has 0 saturated heterocycles. The molecule has 0 aliphatic rings. The number of unbranched alkanes of at least 4 members (excludes halogenated alkanes) is 1. The molecule has 0 bridgehead atoms. The summed E-state index contributed by atoms with van der Waals surface area (Å²) in [6.07, 6.45) is 3.70. The minimum Gasteiger partial charge on any atom is -0.370 e. The molecule has 6 heteroatoms. The van der Waals surface area contributed by atoms with Gasteiger partial charge in [-0.25, -0.2) is 13.4 Å². The summed E-state index contributed by atoms with van der Waals surface area (Å²) in [5, 5.41) is 3.18. The lowest BCUT2D eigenvalue weighted by molar-refractivity contribution is 0.601. The van der Waals surface area contributed by atoms with Gasteiger partial charge in [0.1, 0.15) is 5.82 Å². The fourth-order valence-electron chi connectivity index (χ4n) is 1.77. The number of nitrogens with zero attached hydrogens (tertiary/aromatic N) is 1. The van der Waals surface area contributed by atoms with Crippen LogP contribution in [0, 0.1) is 0 Å². The van der Waals surface area contributed by atoms with Gasteiger partial charge in [0.25, 0.3) is 10.0 Å². The van der Waals surface area contributed by atoms with Gasteiger partial charge >= 0.3 is 0 Å². The minimum atomic E-state index is -3.56. The zero-order valence-electron chi connectivity index (χ0n) is 11.9. The van der Waals surface area contributed by atoms with E-state index in [2.05, 4.69) is 21.9 Å². The SMILES string of the molecule is CCCCNc1ccc(NS(=O)(=O)c2ccccc2)cn1. The van der Waals surface area contributed by atoms with Crippen LogP contribution in [0.4, 0.5) is 11.5 Å². The number of benzene rings is 1. The number of hydrogen-bond acceptors (Lipinski definition) is 4. The summed E-state index contributed by atoms with van der Waals surface area (Å²) >= 11 is 0. The van der Waals surface area contributed by atoms with Crippen molar-refractivity contribution in [3.63, 3.8) is 0 Å². The van der Waals surface area contributed by atoms with Crippen molar-refractivity contribution in [2.24, 2.45) is 0 Å². The smallest absolute Gasteiger partial charge is 0.261 e. The van der Waals surface area contributed by atoms with E-state index in [-0.39, 0.29) is 4.90 Å². The van der Waals surface area contributed by atoms with Crippen LogP contribution >= 0.6 is 0 Å². The fourth-order valence-corrected chi connectivity index (χ4v) is 2.83. The van der Waals surface area contributed by atoms with E-state index >= 15 is 0 Å². The molecule has 0 aliphatic carbocycles. The molecule has 2 aromatic rings. The molecule has 1 aromatic heterocycles. The maximum Gasteiger partial charge on any atom is 0.261 e. The maximum absolute atomic E-state index is 12.1. The minimum absolute atomic E-state index is 0.232. The number of hydrogen-bond donors (Lipinski definition) is 2. The highest BCUT2D eigenvalue weighted by Crippen LogP contribution is 2.16. The van der Waals surface area contributed by atoms with Crippen LogP contribution in [0.5, 0.6) is 0 Å². The molecule has 2 rings (SSSR count). The normalized spacial score (nSPS) is 11.1. The third-order valence-electron chi connectivity index (χ3n) is 2.91. The van der Waals surface area contributed by atoms with Gasteiger partial charge in [-0.3, -0.25) is 4.72 Å². The Bertz CT molecular complexity index is 655. The van der Waals surface area contributed by atoms with E-state index in [1.54, 1.807) is 42.5 Å². The Kier molecular flexibility index (Phi) is 5.16. The Hall–Kier alpha value is -2.08. The molecular weight excluding hydrogens is 286 g/mol. The summed E-state index contributed by atoms with van der Waals surface area (Å²) in [5.41, 5.74) is 0.444. The molecule has 0 aliphatic heterocycles. The molecule has 21 heavy (non-hydrogen) atoms. The topological polar surface area (TPSA) is 71.1 Å². The Morgan fingerprint density at radius 2 is 1.86 bits per heavy atom. The first-order chi connectivity index (χ1) is 10.1. The predicted molar refractivity (Wildman–Crippen MR) is 84.9 cm³/mol. The summed E-state index contributed by atoms with van der Waals surface area (Å²) in [6, 6.07) is 11.7. The summed E-state index contributed by atoms with van der Waals surface area (Å²) in [4.78, 5) is 4.42. The van der Waals surface area contributed by atoms with E-state index in [4.69, 9.17) is 0 Å². The molecule has 1 aromatic carbocycles.